The topological polar surface area (TPSA) is 58.6 Å². The van der Waals surface area contributed by atoms with Crippen molar-refractivity contribution in [2.24, 2.45) is 5.92 Å². The molecule has 2 aliphatic rings. The number of ether oxygens (including phenoxy) is 1. The van der Waals surface area contributed by atoms with Crippen LogP contribution in [0.1, 0.15) is 39.5 Å². The summed E-state index contributed by atoms with van der Waals surface area (Å²) < 4.78 is 4.93. The van der Waals surface area contributed by atoms with Crippen molar-refractivity contribution >= 4 is 12.0 Å². The molecule has 1 saturated carbocycles. The maximum absolute atomic E-state index is 11.9. The van der Waals surface area contributed by atoms with Crippen molar-refractivity contribution in [3.8, 4) is 0 Å². The van der Waals surface area contributed by atoms with E-state index in [1.165, 1.54) is 0 Å². The lowest BCUT2D eigenvalue weighted by molar-refractivity contribution is -0.125. The van der Waals surface area contributed by atoms with Gasteiger partial charge in [0.25, 0.3) is 0 Å². The molecule has 2 fully saturated rings. The van der Waals surface area contributed by atoms with Gasteiger partial charge in [-0.3, -0.25) is 9.69 Å². The summed E-state index contributed by atoms with van der Waals surface area (Å²) in [5.74, 6) is 0.305. The molecular formula is C13H22N2O3. The third kappa shape index (κ3) is 2.76. The highest BCUT2D eigenvalue weighted by Gasteiger charge is 2.36. The van der Waals surface area contributed by atoms with Gasteiger partial charge in [-0.1, -0.05) is 12.8 Å². The molecule has 1 aliphatic heterocycles. The molecule has 102 valence electrons. The van der Waals surface area contributed by atoms with Crippen LogP contribution in [-0.4, -0.2) is 42.1 Å². The van der Waals surface area contributed by atoms with E-state index in [-0.39, 0.29) is 23.5 Å². The number of carbonyl (C=O) groups is 2. The molecule has 0 aromatic rings. The number of hydrogen-bond donors (Lipinski definition) is 1. The van der Waals surface area contributed by atoms with Crippen LogP contribution in [0.15, 0.2) is 0 Å². The van der Waals surface area contributed by atoms with Gasteiger partial charge in [-0.2, -0.15) is 0 Å². The Morgan fingerprint density at radius 3 is 2.67 bits per heavy atom. The molecule has 1 N–H and O–H groups in total. The van der Waals surface area contributed by atoms with E-state index in [0.29, 0.717) is 19.7 Å². The highest BCUT2D eigenvalue weighted by molar-refractivity contribution is 5.79. The molecule has 5 heteroatoms. The molecule has 0 aromatic carbocycles. The van der Waals surface area contributed by atoms with E-state index in [9.17, 15) is 9.59 Å². The van der Waals surface area contributed by atoms with E-state index in [2.05, 4.69) is 5.32 Å². The molecule has 0 aromatic heterocycles. The van der Waals surface area contributed by atoms with Gasteiger partial charge in [-0.25, -0.2) is 4.79 Å². The smallest absolute Gasteiger partial charge is 0.410 e. The molecular weight excluding hydrogens is 232 g/mol. The molecule has 5 nitrogen and oxygen atoms in total. The van der Waals surface area contributed by atoms with Crippen molar-refractivity contribution in [1.29, 1.82) is 0 Å². The Balaban J connectivity index is 1.84. The average Bonchev–Trinajstić information content (AvgIpc) is 2.96. The van der Waals surface area contributed by atoms with Crippen LogP contribution in [0, 0.1) is 5.92 Å². The minimum atomic E-state index is -0.387. The maximum atomic E-state index is 11.9. The van der Waals surface area contributed by atoms with Crippen LogP contribution < -0.4 is 5.32 Å². The first-order chi connectivity index (χ1) is 8.50. The molecule has 0 atom stereocenters. The molecule has 2 rings (SSSR count). The summed E-state index contributed by atoms with van der Waals surface area (Å²) in [6.07, 6.45) is 4.02. The normalized spacial score (nSPS) is 21.2. The van der Waals surface area contributed by atoms with Gasteiger partial charge in [0, 0.05) is 12.5 Å². The van der Waals surface area contributed by atoms with Crippen molar-refractivity contribution < 1.29 is 14.3 Å². The highest BCUT2D eigenvalue weighted by Crippen LogP contribution is 2.25. The number of carbonyl (C=O) groups excluding carboxylic acids is 2. The Bertz CT molecular complexity index is 335. The van der Waals surface area contributed by atoms with E-state index < -0.39 is 0 Å². The second-order valence-corrected chi connectivity index (χ2v) is 5.78. The summed E-state index contributed by atoms with van der Waals surface area (Å²) >= 11 is 0. The zero-order chi connectivity index (χ0) is 13.2. The number of hydrogen-bond acceptors (Lipinski definition) is 3. The van der Waals surface area contributed by atoms with Gasteiger partial charge < -0.3 is 10.1 Å². The van der Waals surface area contributed by atoms with Gasteiger partial charge in [0.05, 0.1) is 12.1 Å². The first-order valence-electron chi connectivity index (χ1n) is 6.73. The molecule has 18 heavy (non-hydrogen) atoms. The van der Waals surface area contributed by atoms with Gasteiger partial charge in [0.1, 0.15) is 6.61 Å². The lowest BCUT2D eigenvalue weighted by Gasteiger charge is -2.33. The number of nitrogens with zero attached hydrogens (tertiary/aromatic N) is 1. The molecule has 2 amide bonds. The summed E-state index contributed by atoms with van der Waals surface area (Å²) in [5, 5.41) is 2.97. The Labute approximate surface area is 108 Å². The Morgan fingerprint density at radius 2 is 2.11 bits per heavy atom. The third-order valence-corrected chi connectivity index (χ3v) is 3.91. The first-order valence-corrected chi connectivity index (χ1v) is 6.73. The number of amides is 2. The van der Waals surface area contributed by atoms with Gasteiger partial charge in [-0.05, 0) is 26.7 Å². The van der Waals surface area contributed by atoms with E-state index in [1.54, 1.807) is 4.90 Å². The first kappa shape index (κ1) is 13.2. The minimum Gasteiger partial charge on any atom is -0.448 e. The average molecular weight is 254 g/mol. The van der Waals surface area contributed by atoms with E-state index in [4.69, 9.17) is 4.74 Å². The van der Waals surface area contributed by atoms with Crippen molar-refractivity contribution in [2.45, 2.75) is 45.1 Å². The molecule has 1 saturated heterocycles. The summed E-state index contributed by atoms with van der Waals surface area (Å²) in [5.41, 5.74) is -0.387. The zero-order valence-corrected chi connectivity index (χ0v) is 11.2. The summed E-state index contributed by atoms with van der Waals surface area (Å²) in [7, 11) is 0. The van der Waals surface area contributed by atoms with Crippen molar-refractivity contribution in [3.63, 3.8) is 0 Å². The third-order valence-electron chi connectivity index (χ3n) is 3.91. The van der Waals surface area contributed by atoms with Crippen molar-refractivity contribution in [1.82, 2.24) is 10.2 Å². The van der Waals surface area contributed by atoms with Crippen LogP contribution in [0.3, 0.4) is 0 Å². The lowest BCUT2D eigenvalue weighted by Crippen LogP contribution is -2.52. The quantitative estimate of drug-likeness (QED) is 0.827. The van der Waals surface area contributed by atoms with E-state index in [0.717, 1.165) is 25.7 Å². The largest absolute Gasteiger partial charge is 0.448 e. The van der Waals surface area contributed by atoms with Gasteiger partial charge >= 0.3 is 6.09 Å². The predicted octanol–water partition coefficient (Wildman–Crippen LogP) is 1.52. The van der Waals surface area contributed by atoms with Gasteiger partial charge in [0.15, 0.2) is 0 Å². The monoisotopic (exact) mass is 254 g/mol. The van der Waals surface area contributed by atoms with Crippen LogP contribution >= 0.6 is 0 Å². The lowest BCUT2D eigenvalue weighted by atomic mass is 10.0. The summed E-state index contributed by atoms with van der Waals surface area (Å²) in [6, 6.07) is 0. The van der Waals surface area contributed by atoms with Crippen LogP contribution in [-0.2, 0) is 9.53 Å². The minimum absolute atomic E-state index is 0.133. The highest BCUT2D eigenvalue weighted by atomic mass is 16.6. The fraction of sp³-hybridized carbons (Fsp3) is 0.846. The number of nitrogens with one attached hydrogen (secondary N) is 1. The van der Waals surface area contributed by atoms with Crippen LogP contribution in [0.5, 0.6) is 0 Å². The molecule has 1 aliphatic carbocycles. The molecule has 0 bridgehead atoms. The van der Waals surface area contributed by atoms with Crippen molar-refractivity contribution in [3.05, 3.63) is 0 Å². The van der Waals surface area contributed by atoms with E-state index in [1.807, 2.05) is 13.8 Å². The van der Waals surface area contributed by atoms with E-state index >= 15 is 0 Å². The number of rotatable bonds is 4. The predicted molar refractivity (Wildman–Crippen MR) is 67.1 cm³/mol. The van der Waals surface area contributed by atoms with Crippen LogP contribution in [0.25, 0.3) is 0 Å². The standard InChI is InChI=1S/C13H22N2O3/c1-13(2,15-7-8-18-12(15)17)9-14-11(16)10-5-3-4-6-10/h10H,3-9H2,1-2H3,(H,14,16). The summed E-state index contributed by atoms with van der Waals surface area (Å²) in [6.45, 7) is 5.43. The zero-order valence-electron chi connectivity index (χ0n) is 11.2. The second-order valence-electron chi connectivity index (χ2n) is 5.78. The SMILES string of the molecule is CC(C)(CNC(=O)C1CCCC1)N1CCOC1=O. The fourth-order valence-corrected chi connectivity index (χ4v) is 2.67. The molecule has 0 radical (unpaired) electrons. The maximum Gasteiger partial charge on any atom is 0.410 e. The Morgan fingerprint density at radius 1 is 1.44 bits per heavy atom. The van der Waals surface area contributed by atoms with Crippen LogP contribution in [0.4, 0.5) is 4.79 Å². The Hall–Kier alpha value is -1.26. The molecule has 1 heterocycles. The fourth-order valence-electron chi connectivity index (χ4n) is 2.67. The second kappa shape index (κ2) is 5.16. The van der Waals surface area contributed by atoms with Gasteiger partial charge in [-0.15, -0.1) is 0 Å². The molecule has 0 spiro atoms. The van der Waals surface area contributed by atoms with Gasteiger partial charge in [0.2, 0.25) is 5.91 Å². The summed E-state index contributed by atoms with van der Waals surface area (Å²) in [4.78, 5) is 25.1. The molecule has 0 unspecified atom stereocenters. The van der Waals surface area contributed by atoms with Crippen molar-refractivity contribution in [2.75, 3.05) is 19.7 Å². The Kier molecular flexibility index (Phi) is 3.78. The van der Waals surface area contributed by atoms with Crippen LogP contribution in [0.2, 0.25) is 0 Å². The number of cyclic esters (lactones) is 1.